The van der Waals surface area contributed by atoms with Crippen LogP contribution in [0.15, 0.2) is 30.5 Å². The van der Waals surface area contributed by atoms with E-state index in [-0.39, 0.29) is 25.0 Å². The van der Waals surface area contributed by atoms with Crippen molar-refractivity contribution in [1.82, 2.24) is 14.9 Å². The van der Waals surface area contributed by atoms with Crippen LogP contribution >= 0.6 is 11.3 Å². The fourth-order valence-electron chi connectivity index (χ4n) is 3.75. The molecule has 1 saturated heterocycles. The van der Waals surface area contributed by atoms with Crippen molar-refractivity contribution in [3.63, 3.8) is 0 Å². The SMILES string of the molecule is CCOCC(=O)N(C)Cc1cc(C(=O)Nc2nc3c(OC)ccc(N4CCOCC4)c3s2)ccn1. The summed E-state index contributed by atoms with van der Waals surface area (Å²) >= 11 is 1.41. The number of methoxy groups -OCH3 is 1. The predicted molar refractivity (Wildman–Crippen MR) is 134 cm³/mol. The monoisotopic (exact) mass is 499 g/mol. The molecular weight excluding hydrogens is 470 g/mol. The van der Waals surface area contributed by atoms with Gasteiger partial charge in [-0.05, 0) is 31.2 Å². The second-order valence-electron chi connectivity index (χ2n) is 7.96. The summed E-state index contributed by atoms with van der Waals surface area (Å²) in [4.78, 5) is 37.8. The molecule has 1 fully saturated rings. The quantitative estimate of drug-likeness (QED) is 0.479. The normalized spacial score (nSPS) is 13.6. The Morgan fingerprint density at radius 3 is 2.80 bits per heavy atom. The zero-order chi connectivity index (χ0) is 24.8. The first-order valence-electron chi connectivity index (χ1n) is 11.4. The third-order valence-corrected chi connectivity index (χ3v) is 6.60. The summed E-state index contributed by atoms with van der Waals surface area (Å²) in [6.45, 7) is 5.53. The molecule has 186 valence electrons. The van der Waals surface area contributed by atoms with E-state index in [1.54, 1.807) is 32.5 Å². The van der Waals surface area contributed by atoms with E-state index < -0.39 is 0 Å². The maximum absolute atomic E-state index is 13.0. The van der Waals surface area contributed by atoms with E-state index in [1.807, 2.05) is 19.1 Å². The third kappa shape index (κ3) is 5.87. The summed E-state index contributed by atoms with van der Waals surface area (Å²) in [5, 5.41) is 3.38. The molecule has 0 saturated carbocycles. The van der Waals surface area contributed by atoms with E-state index in [0.717, 1.165) is 23.5 Å². The number of anilines is 2. The molecule has 1 aliphatic rings. The van der Waals surface area contributed by atoms with Crippen LogP contribution in [0, 0.1) is 0 Å². The molecule has 11 heteroatoms. The lowest BCUT2D eigenvalue weighted by Crippen LogP contribution is -2.36. The molecule has 3 aromatic rings. The van der Waals surface area contributed by atoms with Crippen LogP contribution in [0.25, 0.3) is 10.2 Å². The molecule has 0 spiro atoms. The van der Waals surface area contributed by atoms with Gasteiger partial charge in [-0.2, -0.15) is 0 Å². The zero-order valence-electron chi connectivity index (χ0n) is 20.1. The van der Waals surface area contributed by atoms with E-state index in [4.69, 9.17) is 14.2 Å². The highest BCUT2D eigenvalue weighted by Crippen LogP contribution is 2.39. The van der Waals surface area contributed by atoms with Crippen molar-refractivity contribution >= 4 is 44.2 Å². The molecule has 0 aliphatic carbocycles. The summed E-state index contributed by atoms with van der Waals surface area (Å²) in [6.07, 6.45) is 1.56. The summed E-state index contributed by atoms with van der Waals surface area (Å²) in [5.74, 6) is 0.200. The van der Waals surface area contributed by atoms with Gasteiger partial charge in [0.25, 0.3) is 5.91 Å². The van der Waals surface area contributed by atoms with Gasteiger partial charge in [-0.25, -0.2) is 4.98 Å². The fraction of sp³-hybridized carbons (Fsp3) is 0.417. The number of nitrogens with one attached hydrogen (secondary N) is 1. The second kappa shape index (κ2) is 11.4. The highest BCUT2D eigenvalue weighted by molar-refractivity contribution is 7.23. The molecule has 2 amide bonds. The third-order valence-electron chi connectivity index (χ3n) is 5.61. The largest absolute Gasteiger partial charge is 0.494 e. The molecule has 0 bridgehead atoms. The van der Waals surface area contributed by atoms with Crippen molar-refractivity contribution in [1.29, 1.82) is 0 Å². The lowest BCUT2D eigenvalue weighted by Gasteiger charge is -2.29. The Kier molecular flexibility index (Phi) is 8.11. The van der Waals surface area contributed by atoms with Crippen LogP contribution in [0.1, 0.15) is 23.0 Å². The number of aromatic nitrogens is 2. The first-order chi connectivity index (χ1) is 17.0. The molecule has 1 aliphatic heterocycles. The Hall–Kier alpha value is -3.28. The van der Waals surface area contributed by atoms with Gasteiger partial charge in [0.1, 0.15) is 17.9 Å². The fourth-order valence-corrected chi connectivity index (χ4v) is 4.77. The minimum Gasteiger partial charge on any atom is -0.494 e. The summed E-state index contributed by atoms with van der Waals surface area (Å²) in [5.41, 5.74) is 2.79. The topological polar surface area (TPSA) is 106 Å². The number of likely N-dealkylation sites (N-methyl/N-ethyl adjacent to an activating group) is 1. The van der Waals surface area contributed by atoms with Crippen molar-refractivity contribution in [2.45, 2.75) is 13.5 Å². The minimum atomic E-state index is -0.303. The average Bonchev–Trinajstić information content (AvgIpc) is 3.30. The van der Waals surface area contributed by atoms with Crippen molar-refractivity contribution in [3.8, 4) is 5.75 Å². The van der Waals surface area contributed by atoms with Gasteiger partial charge in [0.05, 0.1) is 42.9 Å². The number of carbonyl (C=O) groups is 2. The van der Waals surface area contributed by atoms with Gasteiger partial charge >= 0.3 is 0 Å². The Bertz CT molecular complexity index is 1190. The van der Waals surface area contributed by atoms with Crippen LogP contribution in [-0.4, -0.2) is 80.4 Å². The Balaban J connectivity index is 1.52. The summed E-state index contributed by atoms with van der Waals surface area (Å²) in [6, 6.07) is 7.23. The van der Waals surface area contributed by atoms with Crippen LogP contribution in [0.3, 0.4) is 0 Å². The van der Waals surface area contributed by atoms with Crippen LogP contribution in [-0.2, 0) is 20.8 Å². The number of pyridine rings is 1. The molecule has 35 heavy (non-hydrogen) atoms. The molecular formula is C24H29N5O5S. The smallest absolute Gasteiger partial charge is 0.257 e. The average molecular weight is 500 g/mol. The number of amides is 2. The van der Waals surface area contributed by atoms with E-state index in [0.29, 0.717) is 47.5 Å². The molecule has 1 N–H and O–H groups in total. The van der Waals surface area contributed by atoms with Gasteiger partial charge in [0.15, 0.2) is 5.13 Å². The van der Waals surface area contributed by atoms with Crippen LogP contribution < -0.4 is 15.0 Å². The Morgan fingerprint density at radius 2 is 2.06 bits per heavy atom. The molecule has 0 radical (unpaired) electrons. The lowest BCUT2D eigenvalue weighted by molar-refractivity contribution is -0.135. The van der Waals surface area contributed by atoms with E-state index in [1.165, 1.54) is 16.2 Å². The number of hydrogen-bond acceptors (Lipinski definition) is 9. The number of nitrogens with zero attached hydrogens (tertiary/aromatic N) is 4. The van der Waals surface area contributed by atoms with Gasteiger partial charge in [-0.1, -0.05) is 11.3 Å². The van der Waals surface area contributed by atoms with Crippen molar-refractivity contribution in [2.24, 2.45) is 0 Å². The van der Waals surface area contributed by atoms with Crippen molar-refractivity contribution in [3.05, 3.63) is 41.7 Å². The van der Waals surface area contributed by atoms with E-state index in [9.17, 15) is 9.59 Å². The summed E-state index contributed by atoms with van der Waals surface area (Å²) in [7, 11) is 3.28. The van der Waals surface area contributed by atoms with Gasteiger partial charge < -0.3 is 24.0 Å². The Labute approximate surface area is 207 Å². The number of benzene rings is 1. The molecule has 0 unspecified atom stereocenters. The summed E-state index contributed by atoms with van der Waals surface area (Å²) < 4.78 is 17.1. The van der Waals surface area contributed by atoms with Crippen LogP contribution in [0.2, 0.25) is 0 Å². The van der Waals surface area contributed by atoms with Crippen molar-refractivity contribution < 1.29 is 23.8 Å². The number of thiazole rings is 1. The molecule has 1 aromatic carbocycles. The maximum Gasteiger partial charge on any atom is 0.257 e. The number of fused-ring (bicyclic) bond motifs is 1. The van der Waals surface area contributed by atoms with Gasteiger partial charge in [-0.15, -0.1) is 0 Å². The first-order valence-corrected chi connectivity index (χ1v) is 12.2. The van der Waals surface area contributed by atoms with E-state index >= 15 is 0 Å². The van der Waals surface area contributed by atoms with Gasteiger partial charge in [-0.3, -0.25) is 19.9 Å². The van der Waals surface area contributed by atoms with Crippen LogP contribution in [0.5, 0.6) is 5.75 Å². The van der Waals surface area contributed by atoms with E-state index in [2.05, 4.69) is 20.2 Å². The van der Waals surface area contributed by atoms with Gasteiger partial charge in [0, 0.05) is 38.5 Å². The molecule has 0 atom stereocenters. The zero-order valence-corrected chi connectivity index (χ0v) is 20.9. The number of morpholine rings is 1. The Morgan fingerprint density at radius 1 is 1.26 bits per heavy atom. The van der Waals surface area contributed by atoms with Gasteiger partial charge in [0.2, 0.25) is 5.91 Å². The predicted octanol–water partition coefficient (Wildman–Crippen LogP) is 2.78. The van der Waals surface area contributed by atoms with Crippen molar-refractivity contribution in [2.75, 3.05) is 63.9 Å². The van der Waals surface area contributed by atoms with Crippen LogP contribution in [0.4, 0.5) is 10.8 Å². The standard InChI is InChI=1S/C24H29N5O5S/c1-4-33-15-20(30)28(2)14-17-13-16(7-8-25-17)23(31)27-24-26-21-19(32-3)6-5-18(22(21)35-24)29-9-11-34-12-10-29/h5-8,13H,4,9-12,14-15H2,1-3H3,(H,26,27,31). The second-order valence-corrected chi connectivity index (χ2v) is 8.96. The number of hydrogen-bond donors (Lipinski definition) is 1. The highest BCUT2D eigenvalue weighted by atomic mass is 32.1. The molecule has 2 aromatic heterocycles. The minimum absolute atomic E-state index is 0.0146. The number of rotatable bonds is 9. The maximum atomic E-state index is 13.0. The molecule has 3 heterocycles. The lowest BCUT2D eigenvalue weighted by atomic mass is 10.2. The molecule has 4 rings (SSSR count). The number of carbonyl (C=O) groups excluding carboxylic acids is 2. The first kappa shape index (κ1) is 24.8. The highest BCUT2D eigenvalue weighted by Gasteiger charge is 2.20. The number of ether oxygens (including phenoxy) is 3. The molecule has 10 nitrogen and oxygen atoms in total.